The largest absolute Gasteiger partial charge is 0.354 e. The molecule has 1 fully saturated rings. The number of rotatable bonds is 9. The molecular weight excluding hydrogens is 513 g/mol. The summed E-state index contributed by atoms with van der Waals surface area (Å²) in [4.78, 5) is 18.2. The molecule has 11 heteroatoms. The van der Waals surface area contributed by atoms with Crippen LogP contribution in [0.2, 0.25) is 0 Å². The number of nitrogens with one attached hydrogen (secondary N) is 1. The molecule has 0 saturated carbocycles. The molecule has 0 spiro atoms. The third-order valence-corrected chi connectivity index (χ3v) is 5.53. The van der Waals surface area contributed by atoms with Crippen LogP contribution in [0.25, 0.3) is 0 Å². The van der Waals surface area contributed by atoms with E-state index < -0.39 is 0 Å². The van der Waals surface area contributed by atoms with E-state index in [1.54, 1.807) is 18.7 Å². The van der Waals surface area contributed by atoms with Gasteiger partial charge in [-0.2, -0.15) is 11.8 Å². The molecule has 0 bridgehead atoms. The molecule has 1 aliphatic rings. The summed E-state index contributed by atoms with van der Waals surface area (Å²) < 4.78 is 2.10. The van der Waals surface area contributed by atoms with Crippen molar-refractivity contribution in [2.75, 3.05) is 56.2 Å². The highest BCUT2D eigenvalue weighted by Gasteiger charge is 2.21. The van der Waals surface area contributed by atoms with Gasteiger partial charge in [0.2, 0.25) is 5.95 Å². The predicted molar refractivity (Wildman–Crippen MR) is 134 cm³/mol. The summed E-state index contributed by atoms with van der Waals surface area (Å²) in [6, 6.07) is 1.85. The van der Waals surface area contributed by atoms with Gasteiger partial charge in [-0.15, -0.1) is 34.2 Å². The first kappa shape index (κ1) is 24.6. The van der Waals surface area contributed by atoms with Crippen molar-refractivity contribution in [3.05, 3.63) is 30.6 Å². The number of aliphatic imine (C=N–C) groups is 1. The average Bonchev–Trinajstić information content (AvgIpc) is 3.24. The van der Waals surface area contributed by atoms with Crippen molar-refractivity contribution in [3.8, 4) is 0 Å². The van der Waals surface area contributed by atoms with Gasteiger partial charge in [0.05, 0.1) is 0 Å². The topological polar surface area (TPSA) is 87.4 Å². The van der Waals surface area contributed by atoms with Crippen molar-refractivity contribution < 1.29 is 0 Å². The predicted octanol–water partition coefficient (Wildman–Crippen LogP) is 1.77. The van der Waals surface area contributed by atoms with E-state index in [1.165, 1.54) is 0 Å². The summed E-state index contributed by atoms with van der Waals surface area (Å²) in [5.74, 6) is 3.95. The lowest BCUT2D eigenvalue weighted by atomic mass is 10.3. The van der Waals surface area contributed by atoms with Crippen molar-refractivity contribution in [2.24, 2.45) is 4.99 Å². The second-order valence-corrected chi connectivity index (χ2v) is 7.78. The van der Waals surface area contributed by atoms with Gasteiger partial charge in [-0.05, 0) is 24.5 Å². The molecule has 1 aliphatic heterocycles. The third-order valence-electron chi connectivity index (χ3n) is 4.83. The van der Waals surface area contributed by atoms with Crippen LogP contribution in [0, 0.1) is 0 Å². The van der Waals surface area contributed by atoms with Gasteiger partial charge in [-0.3, -0.25) is 4.99 Å². The maximum absolute atomic E-state index is 4.87. The number of aromatic nitrogens is 5. The Bertz CT molecular complexity index is 747. The highest BCUT2D eigenvalue weighted by atomic mass is 127. The molecule has 0 radical (unpaired) electrons. The molecule has 1 saturated heterocycles. The van der Waals surface area contributed by atoms with Crippen LogP contribution >= 0.6 is 35.7 Å². The lowest BCUT2D eigenvalue weighted by Crippen LogP contribution is -2.53. The van der Waals surface area contributed by atoms with Gasteiger partial charge < -0.3 is 19.7 Å². The van der Waals surface area contributed by atoms with E-state index in [4.69, 9.17) is 4.99 Å². The quantitative estimate of drug-likeness (QED) is 0.221. The van der Waals surface area contributed by atoms with E-state index in [2.05, 4.69) is 53.0 Å². The zero-order chi connectivity index (χ0) is 20.3. The SMILES string of the molecule is CCc1nncn1CCNC(=NCCCSC)N1CCN(c2ncccn2)CC1.I. The molecule has 9 nitrogen and oxygen atoms in total. The zero-order valence-electron chi connectivity index (χ0n) is 17.8. The first-order chi connectivity index (χ1) is 14.3. The molecule has 3 rings (SSSR count). The fourth-order valence-corrected chi connectivity index (χ4v) is 3.68. The third kappa shape index (κ3) is 7.25. The number of hydrogen-bond donors (Lipinski definition) is 1. The summed E-state index contributed by atoms with van der Waals surface area (Å²) in [6.07, 6.45) is 9.51. The maximum Gasteiger partial charge on any atom is 0.225 e. The molecule has 1 N–H and O–H groups in total. The summed E-state index contributed by atoms with van der Waals surface area (Å²) in [5.41, 5.74) is 0. The number of anilines is 1. The van der Waals surface area contributed by atoms with Gasteiger partial charge in [0, 0.05) is 64.6 Å². The Labute approximate surface area is 200 Å². The number of halogens is 1. The van der Waals surface area contributed by atoms with Crippen LogP contribution in [0.4, 0.5) is 5.95 Å². The van der Waals surface area contributed by atoms with Crippen LogP contribution in [0.5, 0.6) is 0 Å². The number of aryl methyl sites for hydroxylation is 1. The minimum absolute atomic E-state index is 0. The first-order valence-corrected chi connectivity index (χ1v) is 11.6. The van der Waals surface area contributed by atoms with Gasteiger partial charge in [0.25, 0.3) is 0 Å². The molecule has 3 heterocycles. The van der Waals surface area contributed by atoms with E-state index in [1.807, 2.05) is 17.8 Å². The molecule has 30 heavy (non-hydrogen) atoms. The highest BCUT2D eigenvalue weighted by molar-refractivity contribution is 14.0. The lowest BCUT2D eigenvalue weighted by Gasteiger charge is -2.36. The van der Waals surface area contributed by atoms with E-state index >= 15 is 0 Å². The van der Waals surface area contributed by atoms with Gasteiger partial charge >= 0.3 is 0 Å². The van der Waals surface area contributed by atoms with Crippen LogP contribution in [0.1, 0.15) is 19.2 Å². The molecule has 0 unspecified atom stereocenters. The summed E-state index contributed by atoms with van der Waals surface area (Å²) in [5, 5.41) is 11.7. The molecule has 2 aromatic heterocycles. The summed E-state index contributed by atoms with van der Waals surface area (Å²) in [6.45, 7) is 8.16. The highest BCUT2D eigenvalue weighted by Crippen LogP contribution is 2.10. The minimum Gasteiger partial charge on any atom is -0.354 e. The van der Waals surface area contributed by atoms with E-state index in [0.29, 0.717) is 0 Å². The Balaban J connectivity index is 0.00000320. The lowest BCUT2D eigenvalue weighted by molar-refractivity contribution is 0.368. The molecular formula is C19H32IN9S. The maximum atomic E-state index is 4.87. The number of hydrogen-bond acceptors (Lipinski definition) is 7. The fourth-order valence-electron chi connectivity index (χ4n) is 3.26. The Morgan fingerprint density at radius 3 is 2.67 bits per heavy atom. The van der Waals surface area contributed by atoms with Crippen LogP contribution in [-0.2, 0) is 13.0 Å². The van der Waals surface area contributed by atoms with E-state index in [9.17, 15) is 0 Å². The van der Waals surface area contributed by atoms with Crippen LogP contribution in [0.3, 0.4) is 0 Å². The van der Waals surface area contributed by atoms with Crippen molar-refractivity contribution in [3.63, 3.8) is 0 Å². The molecule has 0 atom stereocenters. The molecule has 166 valence electrons. The van der Waals surface area contributed by atoms with Gasteiger partial charge in [-0.1, -0.05) is 6.92 Å². The molecule has 2 aromatic rings. The number of guanidine groups is 1. The number of thioether (sulfide) groups is 1. The Morgan fingerprint density at radius 1 is 1.20 bits per heavy atom. The monoisotopic (exact) mass is 545 g/mol. The number of nitrogens with zero attached hydrogens (tertiary/aromatic N) is 8. The second kappa shape index (κ2) is 13.6. The van der Waals surface area contributed by atoms with Gasteiger partial charge in [-0.25, -0.2) is 9.97 Å². The fraction of sp³-hybridized carbons (Fsp3) is 0.632. The Morgan fingerprint density at radius 2 is 1.97 bits per heavy atom. The van der Waals surface area contributed by atoms with E-state index in [0.717, 1.165) is 82.1 Å². The Hall–Kier alpha value is -1.63. The van der Waals surface area contributed by atoms with Gasteiger partial charge in [0.1, 0.15) is 12.2 Å². The molecule has 0 amide bonds. The normalized spacial score (nSPS) is 14.5. The molecule has 0 aliphatic carbocycles. The summed E-state index contributed by atoms with van der Waals surface area (Å²) >= 11 is 1.87. The van der Waals surface area contributed by atoms with Crippen molar-refractivity contribution >= 4 is 47.6 Å². The summed E-state index contributed by atoms with van der Waals surface area (Å²) in [7, 11) is 0. The van der Waals surface area contributed by atoms with E-state index in [-0.39, 0.29) is 24.0 Å². The first-order valence-electron chi connectivity index (χ1n) is 10.2. The molecule has 0 aromatic carbocycles. The second-order valence-electron chi connectivity index (χ2n) is 6.80. The standard InChI is InChI=1S/C19H31N9S.HI/c1-3-17-25-24-16-28(17)10-9-23-19(22-8-5-15-29-2)27-13-11-26(12-14-27)18-20-6-4-7-21-18;/h4,6-7,16H,3,5,8-15H2,1-2H3,(H,22,23);1H. The zero-order valence-corrected chi connectivity index (χ0v) is 20.9. The number of piperazine rings is 1. The van der Waals surface area contributed by atoms with Gasteiger partial charge in [0.15, 0.2) is 5.96 Å². The van der Waals surface area contributed by atoms with Crippen molar-refractivity contribution in [1.29, 1.82) is 0 Å². The smallest absolute Gasteiger partial charge is 0.225 e. The van der Waals surface area contributed by atoms with Crippen molar-refractivity contribution in [2.45, 2.75) is 26.3 Å². The minimum atomic E-state index is 0. The van der Waals surface area contributed by atoms with Crippen LogP contribution in [0.15, 0.2) is 29.8 Å². The van der Waals surface area contributed by atoms with Crippen LogP contribution < -0.4 is 10.2 Å². The Kier molecular flexibility index (Phi) is 11.2. The average molecular weight is 545 g/mol. The van der Waals surface area contributed by atoms with Crippen molar-refractivity contribution in [1.82, 2.24) is 34.9 Å². The van der Waals surface area contributed by atoms with Crippen LogP contribution in [-0.4, -0.2) is 86.9 Å².